The first-order valence-electron chi connectivity index (χ1n) is 12.9. The zero-order chi connectivity index (χ0) is 25.8. The lowest BCUT2D eigenvalue weighted by Crippen LogP contribution is -2.47. The molecule has 37 heavy (non-hydrogen) atoms. The zero-order valence-electron chi connectivity index (χ0n) is 21.0. The number of phenolic OH excluding ortho intramolecular Hbond substituents is 1. The van der Waals surface area contributed by atoms with Crippen LogP contribution in [0.15, 0.2) is 64.8 Å². The molecule has 3 heterocycles. The highest BCUT2D eigenvalue weighted by Gasteiger charge is 2.24. The van der Waals surface area contributed by atoms with Gasteiger partial charge >= 0.3 is 6.03 Å². The van der Waals surface area contributed by atoms with Crippen LogP contribution in [0, 0.1) is 11.8 Å². The van der Waals surface area contributed by atoms with Crippen molar-refractivity contribution in [1.29, 1.82) is 0 Å². The molecule has 3 aromatic rings. The molecule has 2 atom stereocenters. The summed E-state index contributed by atoms with van der Waals surface area (Å²) in [6, 6.07) is 9.11. The number of para-hydroxylation sites is 1. The molecular formula is C28H33BrN6O2. The van der Waals surface area contributed by atoms with Crippen molar-refractivity contribution in [3.05, 3.63) is 64.8 Å². The molecular weight excluding hydrogens is 532 g/mol. The molecule has 9 heteroatoms. The Morgan fingerprint density at radius 3 is 3.00 bits per heavy atom. The van der Waals surface area contributed by atoms with Gasteiger partial charge in [-0.25, -0.2) is 9.78 Å². The first kappa shape index (κ1) is 25.3. The third-order valence-corrected chi connectivity index (χ3v) is 7.62. The van der Waals surface area contributed by atoms with Crippen LogP contribution in [-0.2, 0) is 0 Å². The number of piperidine rings is 1. The number of anilines is 1. The van der Waals surface area contributed by atoms with Crippen LogP contribution in [0.5, 0.6) is 5.75 Å². The van der Waals surface area contributed by atoms with E-state index in [1.807, 2.05) is 23.1 Å². The topological polar surface area (TPSA) is 94.8 Å². The number of carbonyl (C=O) groups excluding carboxylic acids is 1. The standard InChI is InChI=1S/C28H33BrN6O2/c1-19-6-4-7-20(14-19)11-12-30-28(37)34-13-5-8-21(18-34)16-31-26-15-24(22-9-2-3-10-25(22)36)33-27-23(29)17-32-35(26)27/h2-4,6-7,9-10,15,17,19,21,31,36H,5,8,11-14,16,18H2,1H3,(H,30,37). The highest BCUT2D eigenvalue weighted by atomic mass is 79.9. The van der Waals surface area contributed by atoms with E-state index < -0.39 is 0 Å². The van der Waals surface area contributed by atoms with Gasteiger partial charge in [-0.05, 0) is 65.6 Å². The fourth-order valence-corrected chi connectivity index (χ4v) is 5.46. The Labute approximate surface area is 225 Å². The molecule has 1 aromatic carbocycles. The molecule has 0 spiro atoms. The van der Waals surface area contributed by atoms with Crippen molar-refractivity contribution in [3.8, 4) is 17.0 Å². The van der Waals surface area contributed by atoms with E-state index in [-0.39, 0.29) is 11.8 Å². The van der Waals surface area contributed by atoms with Crippen molar-refractivity contribution in [2.24, 2.45) is 11.8 Å². The number of nitrogens with one attached hydrogen (secondary N) is 2. The molecule has 2 unspecified atom stereocenters. The van der Waals surface area contributed by atoms with Crippen molar-refractivity contribution in [1.82, 2.24) is 24.8 Å². The number of fused-ring (bicyclic) bond motifs is 1. The van der Waals surface area contributed by atoms with Gasteiger partial charge in [0.15, 0.2) is 5.65 Å². The lowest BCUT2D eigenvalue weighted by atomic mass is 9.94. The lowest BCUT2D eigenvalue weighted by Gasteiger charge is -2.33. The number of rotatable bonds is 7. The first-order valence-corrected chi connectivity index (χ1v) is 13.7. The average Bonchev–Trinajstić information content (AvgIpc) is 3.28. The van der Waals surface area contributed by atoms with Crippen molar-refractivity contribution < 1.29 is 9.90 Å². The summed E-state index contributed by atoms with van der Waals surface area (Å²) in [5.74, 6) is 1.87. The number of aromatic hydroxyl groups is 1. The van der Waals surface area contributed by atoms with Crippen molar-refractivity contribution in [2.45, 2.75) is 32.6 Å². The van der Waals surface area contributed by atoms with E-state index in [0.29, 0.717) is 48.4 Å². The summed E-state index contributed by atoms with van der Waals surface area (Å²) in [4.78, 5) is 19.5. The van der Waals surface area contributed by atoms with Crippen molar-refractivity contribution in [3.63, 3.8) is 0 Å². The second kappa shape index (κ2) is 11.4. The van der Waals surface area contributed by atoms with E-state index in [0.717, 1.165) is 42.5 Å². The minimum atomic E-state index is 0.0221. The summed E-state index contributed by atoms with van der Waals surface area (Å²) in [6.07, 6.45) is 12.2. The Kier molecular flexibility index (Phi) is 7.79. The molecule has 0 radical (unpaired) electrons. The number of amides is 2. The minimum Gasteiger partial charge on any atom is -0.507 e. The molecule has 1 aliphatic carbocycles. The maximum atomic E-state index is 12.8. The third kappa shape index (κ3) is 5.98. The Morgan fingerprint density at radius 1 is 1.30 bits per heavy atom. The van der Waals surface area contributed by atoms with Crippen LogP contribution in [0.1, 0.15) is 32.6 Å². The Balaban J connectivity index is 1.21. The molecule has 1 saturated heterocycles. The minimum absolute atomic E-state index is 0.0221. The second-order valence-corrected chi connectivity index (χ2v) is 10.8. The molecule has 1 aliphatic heterocycles. The molecule has 3 N–H and O–H groups in total. The number of nitrogens with zero attached hydrogens (tertiary/aromatic N) is 4. The van der Waals surface area contributed by atoms with Crippen LogP contribution in [-0.4, -0.2) is 56.8 Å². The first-order chi connectivity index (χ1) is 18.0. The molecule has 194 valence electrons. The van der Waals surface area contributed by atoms with Gasteiger partial charge in [-0.15, -0.1) is 0 Å². The molecule has 2 aromatic heterocycles. The van der Waals surface area contributed by atoms with E-state index in [9.17, 15) is 9.90 Å². The molecule has 2 aliphatic rings. The van der Waals surface area contributed by atoms with E-state index in [1.165, 1.54) is 5.57 Å². The van der Waals surface area contributed by atoms with E-state index in [1.54, 1.807) is 22.8 Å². The number of carbonyl (C=O) groups is 1. The van der Waals surface area contributed by atoms with Crippen LogP contribution < -0.4 is 10.6 Å². The van der Waals surface area contributed by atoms with E-state index in [4.69, 9.17) is 4.98 Å². The van der Waals surface area contributed by atoms with Gasteiger partial charge in [-0.3, -0.25) is 0 Å². The number of likely N-dealkylation sites (tertiary alicyclic amines) is 1. The Hall–Kier alpha value is -3.33. The van der Waals surface area contributed by atoms with Crippen LogP contribution in [0.3, 0.4) is 0 Å². The maximum absolute atomic E-state index is 12.8. The van der Waals surface area contributed by atoms with Gasteiger partial charge < -0.3 is 20.6 Å². The van der Waals surface area contributed by atoms with Gasteiger partial charge in [-0.1, -0.05) is 42.9 Å². The fraction of sp³-hybridized carbons (Fsp3) is 0.393. The molecule has 2 amide bonds. The second-order valence-electron chi connectivity index (χ2n) is 9.98. The normalized spacial score (nSPS) is 19.6. The SMILES string of the molecule is CC1C=CC=C(CCNC(=O)N2CCCC(CNc3cc(-c4ccccc4O)nc4c(Br)cnn34)C2)C1. The zero-order valence-corrected chi connectivity index (χ0v) is 22.6. The fourth-order valence-electron chi connectivity index (χ4n) is 5.11. The van der Waals surface area contributed by atoms with Crippen molar-refractivity contribution >= 4 is 33.4 Å². The van der Waals surface area contributed by atoms with Gasteiger partial charge in [0, 0.05) is 37.8 Å². The molecule has 5 rings (SSSR count). The molecule has 8 nitrogen and oxygen atoms in total. The van der Waals surface area contributed by atoms with Crippen LogP contribution in [0.25, 0.3) is 16.9 Å². The van der Waals surface area contributed by atoms with Gasteiger partial charge in [0.05, 0.1) is 16.4 Å². The van der Waals surface area contributed by atoms with Gasteiger partial charge in [0.1, 0.15) is 11.6 Å². The highest BCUT2D eigenvalue weighted by molar-refractivity contribution is 9.10. The molecule has 0 bridgehead atoms. The van der Waals surface area contributed by atoms with E-state index in [2.05, 4.69) is 56.8 Å². The summed E-state index contributed by atoms with van der Waals surface area (Å²) >= 11 is 3.53. The van der Waals surface area contributed by atoms with Crippen molar-refractivity contribution in [2.75, 3.05) is 31.5 Å². The summed E-state index contributed by atoms with van der Waals surface area (Å²) in [7, 11) is 0. The number of hydrogen-bond acceptors (Lipinski definition) is 5. The third-order valence-electron chi connectivity index (χ3n) is 7.06. The van der Waals surface area contributed by atoms with Crippen LogP contribution in [0.4, 0.5) is 10.6 Å². The summed E-state index contributed by atoms with van der Waals surface area (Å²) in [5.41, 5.74) is 3.40. The number of benzene rings is 1. The predicted molar refractivity (Wildman–Crippen MR) is 150 cm³/mol. The Morgan fingerprint density at radius 2 is 2.16 bits per heavy atom. The maximum Gasteiger partial charge on any atom is 0.317 e. The van der Waals surface area contributed by atoms with Gasteiger partial charge in [0.2, 0.25) is 0 Å². The lowest BCUT2D eigenvalue weighted by molar-refractivity contribution is 0.168. The number of aromatic nitrogens is 3. The smallest absolute Gasteiger partial charge is 0.317 e. The highest BCUT2D eigenvalue weighted by Crippen LogP contribution is 2.31. The summed E-state index contributed by atoms with van der Waals surface area (Å²) in [6.45, 7) is 5.09. The van der Waals surface area contributed by atoms with E-state index >= 15 is 0 Å². The predicted octanol–water partition coefficient (Wildman–Crippen LogP) is 5.61. The quantitative estimate of drug-likeness (QED) is 0.346. The number of allylic oxidation sites excluding steroid dienone is 3. The molecule has 1 fully saturated rings. The number of hydrogen-bond donors (Lipinski definition) is 3. The Bertz CT molecular complexity index is 1330. The van der Waals surface area contributed by atoms with Gasteiger partial charge in [-0.2, -0.15) is 9.61 Å². The summed E-state index contributed by atoms with van der Waals surface area (Å²) < 4.78 is 2.54. The largest absolute Gasteiger partial charge is 0.507 e. The number of phenols is 1. The average molecular weight is 566 g/mol. The van der Waals surface area contributed by atoms with Crippen LogP contribution >= 0.6 is 15.9 Å². The van der Waals surface area contributed by atoms with Gasteiger partial charge in [0.25, 0.3) is 0 Å². The van der Waals surface area contributed by atoms with Crippen LogP contribution in [0.2, 0.25) is 0 Å². The monoisotopic (exact) mass is 564 g/mol. The number of urea groups is 1. The summed E-state index contributed by atoms with van der Waals surface area (Å²) in [5, 5.41) is 21.5. The number of halogens is 1. The molecule has 0 saturated carbocycles.